The summed E-state index contributed by atoms with van der Waals surface area (Å²) in [4.78, 5) is 12.3. The van der Waals surface area contributed by atoms with Crippen LogP contribution in [0.15, 0.2) is 54.7 Å². The number of nitrogens with one attached hydrogen (secondary N) is 1. The van der Waals surface area contributed by atoms with Crippen molar-refractivity contribution in [2.75, 3.05) is 5.32 Å². The first-order valence-corrected chi connectivity index (χ1v) is 6.27. The largest absolute Gasteiger partial charge is 0.350 e. The summed E-state index contributed by atoms with van der Waals surface area (Å²) < 4.78 is 15.4. The smallest absolute Gasteiger partial charge is 0.257 e. The molecule has 1 amide bonds. The molecule has 20 heavy (non-hydrogen) atoms. The van der Waals surface area contributed by atoms with Gasteiger partial charge in [0.1, 0.15) is 5.82 Å². The van der Waals surface area contributed by atoms with Gasteiger partial charge in [-0.25, -0.2) is 4.39 Å². The third-order valence-electron chi connectivity index (χ3n) is 3.26. The number of carbonyl (C=O) groups excluding carboxylic acids is 1. The van der Waals surface area contributed by atoms with Crippen molar-refractivity contribution in [1.82, 2.24) is 4.57 Å². The Labute approximate surface area is 115 Å². The van der Waals surface area contributed by atoms with Crippen LogP contribution in [-0.2, 0) is 7.05 Å². The van der Waals surface area contributed by atoms with Gasteiger partial charge in [-0.05, 0) is 18.2 Å². The number of fused-ring (bicyclic) bond motifs is 1. The van der Waals surface area contributed by atoms with Crippen LogP contribution in [0.1, 0.15) is 10.4 Å². The number of benzene rings is 2. The molecule has 0 saturated carbocycles. The SMILES string of the molecule is Cn1cc(C(=O)Nc2ccccc2F)c2ccccc21. The van der Waals surface area contributed by atoms with Gasteiger partial charge in [0.05, 0.1) is 11.3 Å². The second kappa shape index (κ2) is 4.81. The number of hydrogen-bond acceptors (Lipinski definition) is 1. The molecule has 3 nitrogen and oxygen atoms in total. The number of para-hydroxylation sites is 2. The lowest BCUT2D eigenvalue weighted by Gasteiger charge is -2.05. The molecule has 2 aromatic carbocycles. The van der Waals surface area contributed by atoms with E-state index in [0.717, 1.165) is 10.9 Å². The Balaban J connectivity index is 2.00. The average Bonchev–Trinajstić information content (AvgIpc) is 2.79. The highest BCUT2D eigenvalue weighted by Crippen LogP contribution is 2.22. The van der Waals surface area contributed by atoms with Crippen LogP contribution >= 0.6 is 0 Å². The molecule has 4 heteroatoms. The van der Waals surface area contributed by atoms with Gasteiger partial charge in [0.2, 0.25) is 0 Å². The lowest BCUT2D eigenvalue weighted by molar-refractivity contribution is 0.102. The molecule has 0 spiro atoms. The lowest BCUT2D eigenvalue weighted by Crippen LogP contribution is -2.12. The highest BCUT2D eigenvalue weighted by atomic mass is 19.1. The summed E-state index contributed by atoms with van der Waals surface area (Å²) in [5.41, 5.74) is 1.68. The first-order valence-electron chi connectivity index (χ1n) is 6.27. The lowest BCUT2D eigenvalue weighted by atomic mass is 10.1. The third-order valence-corrected chi connectivity index (χ3v) is 3.26. The fourth-order valence-corrected chi connectivity index (χ4v) is 2.27. The topological polar surface area (TPSA) is 34.0 Å². The molecule has 3 aromatic rings. The zero-order valence-corrected chi connectivity index (χ0v) is 10.9. The van der Waals surface area contributed by atoms with Crippen LogP contribution in [0.3, 0.4) is 0 Å². The predicted octanol–water partition coefficient (Wildman–Crippen LogP) is 3.57. The van der Waals surface area contributed by atoms with Gasteiger partial charge in [-0.2, -0.15) is 0 Å². The van der Waals surface area contributed by atoms with Gasteiger partial charge in [0, 0.05) is 24.1 Å². The number of rotatable bonds is 2. The highest BCUT2D eigenvalue weighted by molar-refractivity contribution is 6.13. The Morgan fingerprint density at radius 3 is 2.60 bits per heavy atom. The predicted molar refractivity (Wildman–Crippen MR) is 77.3 cm³/mol. The molecule has 0 unspecified atom stereocenters. The number of halogens is 1. The number of nitrogens with zero attached hydrogens (tertiary/aromatic N) is 1. The van der Waals surface area contributed by atoms with E-state index >= 15 is 0 Å². The molecule has 3 rings (SSSR count). The Hall–Kier alpha value is -2.62. The Bertz CT molecular complexity index is 792. The molecule has 0 aliphatic rings. The van der Waals surface area contributed by atoms with E-state index in [2.05, 4.69) is 5.32 Å². The highest BCUT2D eigenvalue weighted by Gasteiger charge is 2.14. The summed E-state index contributed by atoms with van der Waals surface area (Å²) in [5.74, 6) is -0.756. The van der Waals surface area contributed by atoms with Crippen LogP contribution in [0.25, 0.3) is 10.9 Å². The van der Waals surface area contributed by atoms with Crippen molar-refractivity contribution < 1.29 is 9.18 Å². The molecule has 0 radical (unpaired) electrons. The van der Waals surface area contributed by atoms with Gasteiger partial charge in [-0.1, -0.05) is 30.3 Å². The van der Waals surface area contributed by atoms with Crippen molar-refractivity contribution in [3.63, 3.8) is 0 Å². The van der Waals surface area contributed by atoms with E-state index in [1.54, 1.807) is 24.4 Å². The van der Waals surface area contributed by atoms with Crippen LogP contribution in [0.2, 0.25) is 0 Å². The maximum absolute atomic E-state index is 13.6. The Kier molecular flexibility index (Phi) is 2.99. The van der Waals surface area contributed by atoms with Crippen molar-refractivity contribution in [2.45, 2.75) is 0 Å². The van der Waals surface area contributed by atoms with Gasteiger partial charge < -0.3 is 9.88 Å². The van der Waals surface area contributed by atoms with Crippen LogP contribution in [0.5, 0.6) is 0 Å². The summed E-state index contributed by atoms with van der Waals surface area (Å²) in [5, 5.41) is 3.46. The van der Waals surface area contributed by atoms with Crippen molar-refractivity contribution in [3.8, 4) is 0 Å². The van der Waals surface area contributed by atoms with E-state index in [1.807, 2.05) is 35.9 Å². The molecule has 0 aliphatic carbocycles. The Morgan fingerprint density at radius 2 is 1.80 bits per heavy atom. The molecule has 1 N–H and O–H groups in total. The van der Waals surface area contributed by atoms with E-state index in [-0.39, 0.29) is 11.6 Å². The number of aryl methyl sites for hydroxylation is 1. The Morgan fingerprint density at radius 1 is 1.10 bits per heavy atom. The van der Waals surface area contributed by atoms with E-state index in [9.17, 15) is 9.18 Å². The van der Waals surface area contributed by atoms with Gasteiger partial charge in [0.25, 0.3) is 5.91 Å². The number of carbonyl (C=O) groups is 1. The quantitative estimate of drug-likeness (QED) is 0.757. The first kappa shape index (κ1) is 12.4. The second-order valence-corrected chi connectivity index (χ2v) is 4.60. The normalized spacial score (nSPS) is 10.7. The molecule has 100 valence electrons. The summed E-state index contributed by atoms with van der Waals surface area (Å²) in [6.07, 6.45) is 1.75. The fraction of sp³-hybridized carbons (Fsp3) is 0.0625. The van der Waals surface area contributed by atoms with Crippen molar-refractivity contribution in [2.24, 2.45) is 7.05 Å². The van der Waals surface area contributed by atoms with Crippen LogP contribution in [0.4, 0.5) is 10.1 Å². The van der Waals surface area contributed by atoms with E-state index < -0.39 is 5.82 Å². The first-order chi connectivity index (χ1) is 9.66. The van der Waals surface area contributed by atoms with E-state index in [1.165, 1.54) is 6.07 Å². The maximum Gasteiger partial charge on any atom is 0.257 e. The molecule has 1 heterocycles. The third kappa shape index (κ3) is 2.05. The fourth-order valence-electron chi connectivity index (χ4n) is 2.27. The number of aromatic nitrogens is 1. The number of amides is 1. The minimum Gasteiger partial charge on any atom is -0.350 e. The van der Waals surface area contributed by atoms with Gasteiger partial charge in [-0.3, -0.25) is 4.79 Å². The summed E-state index contributed by atoms with van der Waals surface area (Å²) in [7, 11) is 1.88. The van der Waals surface area contributed by atoms with Crippen LogP contribution in [0, 0.1) is 5.82 Å². The zero-order chi connectivity index (χ0) is 14.1. The zero-order valence-electron chi connectivity index (χ0n) is 10.9. The van der Waals surface area contributed by atoms with Gasteiger partial charge >= 0.3 is 0 Å². The number of hydrogen-bond donors (Lipinski definition) is 1. The average molecular weight is 268 g/mol. The van der Waals surface area contributed by atoms with Crippen molar-refractivity contribution >= 4 is 22.5 Å². The van der Waals surface area contributed by atoms with Gasteiger partial charge in [-0.15, -0.1) is 0 Å². The molecular formula is C16H13FN2O. The molecule has 0 saturated heterocycles. The molecule has 0 aliphatic heterocycles. The molecule has 0 atom stereocenters. The summed E-state index contributed by atoms with van der Waals surface area (Å²) >= 11 is 0. The van der Waals surface area contributed by atoms with E-state index in [0.29, 0.717) is 5.56 Å². The van der Waals surface area contributed by atoms with Crippen molar-refractivity contribution in [3.05, 3.63) is 66.1 Å². The minimum absolute atomic E-state index is 0.186. The standard InChI is InChI=1S/C16H13FN2O/c1-19-10-12(11-6-2-5-9-15(11)19)16(20)18-14-8-4-3-7-13(14)17/h2-10H,1H3,(H,18,20). The molecular weight excluding hydrogens is 255 g/mol. The molecule has 1 aromatic heterocycles. The van der Waals surface area contributed by atoms with Gasteiger partial charge in [0.15, 0.2) is 0 Å². The molecule has 0 fully saturated rings. The summed E-state index contributed by atoms with van der Waals surface area (Å²) in [6.45, 7) is 0. The van der Waals surface area contributed by atoms with Crippen LogP contribution in [-0.4, -0.2) is 10.5 Å². The maximum atomic E-state index is 13.6. The van der Waals surface area contributed by atoms with E-state index in [4.69, 9.17) is 0 Å². The monoisotopic (exact) mass is 268 g/mol. The molecule has 0 bridgehead atoms. The summed E-state index contributed by atoms with van der Waals surface area (Å²) in [6, 6.07) is 13.7. The van der Waals surface area contributed by atoms with Crippen LogP contribution < -0.4 is 5.32 Å². The minimum atomic E-state index is -0.443. The second-order valence-electron chi connectivity index (χ2n) is 4.60. The van der Waals surface area contributed by atoms with Crippen molar-refractivity contribution in [1.29, 1.82) is 0 Å². The number of anilines is 1.